The Morgan fingerprint density at radius 2 is 1.74 bits per heavy atom. The van der Waals surface area contributed by atoms with E-state index in [2.05, 4.69) is 31.2 Å². The van der Waals surface area contributed by atoms with Gasteiger partial charge in [0, 0.05) is 11.0 Å². The zero-order chi connectivity index (χ0) is 13.3. The van der Waals surface area contributed by atoms with Crippen molar-refractivity contribution in [3.05, 3.63) is 35.4 Å². The molecule has 2 fully saturated rings. The first-order valence-electron chi connectivity index (χ1n) is 7.90. The summed E-state index contributed by atoms with van der Waals surface area (Å²) in [5, 5.41) is 0. The van der Waals surface area contributed by atoms with Crippen molar-refractivity contribution in [3.8, 4) is 0 Å². The van der Waals surface area contributed by atoms with Crippen molar-refractivity contribution in [2.75, 3.05) is 0 Å². The first-order valence-corrected chi connectivity index (χ1v) is 7.90. The second-order valence-corrected chi connectivity index (χ2v) is 6.42. The monoisotopic (exact) mass is 256 g/mol. The van der Waals surface area contributed by atoms with Crippen LogP contribution < -0.4 is 0 Å². The molecule has 0 spiro atoms. The molecule has 1 aromatic carbocycles. The van der Waals surface area contributed by atoms with Gasteiger partial charge < -0.3 is 0 Å². The lowest BCUT2D eigenvalue weighted by molar-refractivity contribution is 0.0791. The number of Topliss-reactive ketones (excluding diaryl/α,β-unsaturated/α-hetero) is 1. The van der Waals surface area contributed by atoms with Crippen molar-refractivity contribution < 1.29 is 4.79 Å². The van der Waals surface area contributed by atoms with E-state index in [1.165, 1.54) is 37.7 Å². The van der Waals surface area contributed by atoms with E-state index in [9.17, 15) is 4.79 Å². The van der Waals surface area contributed by atoms with Crippen LogP contribution in [0.4, 0.5) is 0 Å². The Kier molecular flexibility index (Phi) is 3.47. The third kappa shape index (κ3) is 2.24. The highest BCUT2D eigenvalue weighted by molar-refractivity contribution is 6.00. The number of rotatable bonds is 4. The number of hydrogen-bond acceptors (Lipinski definition) is 1. The zero-order valence-corrected chi connectivity index (χ0v) is 12.0. The van der Waals surface area contributed by atoms with Crippen LogP contribution in [0.15, 0.2) is 24.3 Å². The minimum absolute atomic E-state index is 0.0437. The van der Waals surface area contributed by atoms with Crippen molar-refractivity contribution in [2.24, 2.45) is 5.41 Å². The molecule has 0 amide bonds. The van der Waals surface area contributed by atoms with Gasteiger partial charge in [0.25, 0.3) is 0 Å². The van der Waals surface area contributed by atoms with E-state index in [0.29, 0.717) is 5.78 Å². The number of hydrogen-bond donors (Lipinski definition) is 0. The highest BCUT2D eigenvalue weighted by Crippen LogP contribution is 2.44. The van der Waals surface area contributed by atoms with E-state index in [4.69, 9.17) is 0 Å². The molecule has 0 N–H and O–H groups in total. The number of carbonyl (C=O) groups excluding carboxylic acids is 1. The molecule has 1 aromatic rings. The second kappa shape index (κ2) is 5.11. The van der Waals surface area contributed by atoms with Crippen LogP contribution in [-0.2, 0) is 0 Å². The molecule has 0 saturated heterocycles. The first-order chi connectivity index (χ1) is 9.25. The highest BCUT2D eigenvalue weighted by Gasteiger charge is 2.39. The van der Waals surface area contributed by atoms with Crippen molar-refractivity contribution in [1.82, 2.24) is 0 Å². The van der Waals surface area contributed by atoms with Gasteiger partial charge in [-0.3, -0.25) is 4.79 Å². The van der Waals surface area contributed by atoms with Crippen molar-refractivity contribution in [3.63, 3.8) is 0 Å². The van der Waals surface area contributed by atoms with Gasteiger partial charge >= 0.3 is 0 Å². The molecule has 0 heterocycles. The summed E-state index contributed by atoms with van der Waals surface area (Å²) in [4.78, 5) is 12.8. The van der Waals surface area contributed by atoms with Crippen LogP contribution in [0.1, 0.15) is 80.1 Å². The fourth-order valence-corrected chi connectivity index (χ4v) is 3.75. The van der Waals surface area contributed by atoms with Crippen molar-refractivity contribution in [1.29, 1.82) is 0 Å². The van der Waals surface area contributed by atoms with Crippen LogP contribution in [0.5, 0.6) is 0 Å². The summed E-state index contributed by atoms with van der Waals surface area (Å²) in [5.74, 6) is 1.16. The van der Waals surface area contributed by atoms with Crippen LogP contribution in [0.3, 0.4) is 0 Å². The summed E-state index contributed by atoms with van der Waals surface area (Å²) < 4.78 is 0. The Morgan fingerprint density at radius 3 is 2.21 bits per heavy atom. The van der Waals surface area contributed by atoms with E-state index in [0.717, 1.165) is 30.7 Å². The summed E-state index contributed by atoms with van der Waals surface area (Å²) in [6.07, 6.45) is 9.64. The lowest BCUT2D eigenvalue weighted by atomic mass is 9.75. The molecule has 0 unspecified atom stereocenters. The number of carbonyl (C=O) groups is 1. The quantitative estimate of drug-likeness (QED) is 0.684. The number of ketones is 1. The Bertz CT molecular complexity index is 447. The van der Waals surface area contributed by atoms with Gasteiger partial charge in [0.15, 0.2) is 5.78 Å². The average Bonchev–Trinajstić information content (AvgIpc) is 2.87. The SMILES string of the molecule is CCC1(C(=O)c2ccc(C3CCC3)cc2)CCCC1. The molecule has 1 heteroatoms. The molecule has 0 aliphatic heterocycles. The average molecular weight is 256 g/mol. The molecule has 19 heavy (non-hydrogen) atoms. The third-order valence-corrected chi connectivity index (χ3v) is 5.47. The molecule has 102 valence electrons. The van der Waals surface area contributed by atoms with Crippen molar-refractivity contribution in [2.45, 2.75) is 64.2 Å². The Balaban J connectivity index is 1.79. The lowest BCUT2D eigenvalue weighted by Crippen LogP contribution is -2.27. The van der Waals surface area contributed by atoms with E-state index in [1.54, 1.807) is 0 Å². The molecule has 0 atom stereocenters. The van der Waals surface area contributed by atoms with Crippen LogP contribution in [-0.4, -0.2) is 5.78 Å². The van der Waals surface area contributed by atoms with Gasteiger partial charge in [-0.25, -0.2) is 0 Å². The maximum Gasteiger partial charge on any atom is 0.168 e. The number of benzene rings is 1. The smallest absolute Gasteiger partial charge is 0.168 e. The molecule has 2 aliphatic rings. The normalized spacial score (nSPS) is 22.2. The summed E-state index contributed by atoms with van der Waals surface area (Å²) in [6.45, 7) is 2.17. The van der Waals surface area contributed by atoms with Gasteiger partial charge in [0.1, 0.15) is 0 Å². The van der Waals surface area contributed by atoms with Gasteiger partial charge in [-0.15, -0.1) is 0 Å². The summed E-state index contributed by atoms with van der Waals surface area (Å²) >= 11 is 0. The summed E-state index contributed by atoms with van der Waals surface area (Å²) in [7, 11) is 0. The summed E-state index contributed by atoms with van der Waals surface area (Å²) in [6, 6.07) is 8.53. The van der Waals surface area contributed by atoms with E-state index in [1.807, 2.05) is 0 Å². The fraction of sp³-hybridized carbons (Fsp3) is 0.611. The Hall–Kier alpha value is -1.11. The van der Waals surface area contributed by atoms with Gasteiger partial charge in [0.05, 0.1) is 0 Å². The van der Waals surface area contributed by atoms with E-state index >= 15 is 0 Å². The molecule has 2 saturated carbocycles. The first kappa shape index (κ1) is 12.9. The maximum atomic E-state index is 12.8. The Labute approximate surface area is 116 Å². The third-order valence-electron chi connectivity index (χ3n) is 5.47. The second-order valence-electron chi connectivity index (χ2n) is 6.42. The van der Waals surface area contributed by atoms with Crippen LogP contribution >= 0.6 is 0 Å². The minimum atomic E-state index is -0.0437. The predicted octanol–water partition coefficient (Wildman–Crippen LogP) is 5.11. The fourth-order valence-electron chi connectivity index (χ4n) is 3.75. The zero-order valence-electron chi connectivity index (χ0n) is 12.0. The van der Waals surface area contributed by atoms with Gasteiger partial charge in [-0.2, -0.15) is 0 Å². The maximum absolute atomic E-state index is 12.8. The van der Waals surface area contributed by atoms with E-state index < -0.39 is 0 Å². The van der Waals surface area contributed by atoms with Gasteiger partial charge in [-0.1, -0.05) is 50.5 Å². The largest absolute Gasteiger partial charge is 0.294 e. The lowest BCUT2D eigenvalue weighted by Gasteiger charge is -2.27. The molecule has 2 aliphatic carbocycles. The van der Waals surface area contributed by atoms with Crippen LogP contribution in [0.25, 0.3) is 0 Å². The standard InChI is InChI=1S/C18H24O/c1-2-18(12-3-4-13-18)17(19)16-10-8-15(9-11-16)14-6-5-7-14/h8-11,14H,2-7,12-13H2,1H3. The molecule has 3 rings (SSSR count). The van der Waals surface area contributed by atoms with Gasteiger partial charge in [-0.05, 0) is 43.6 Å². The Morgan fingerprint density at radius 1 is 1.11 bits per heavy atom. The van der Waals surface area contributed by atoms with Crippen molar-refractivity contribution >= 4 is 5.78 Å². The molecule has 0 radical (unpaired) electrons. The van der Waals surface area contributed by atoms with E-state index in [-0.39, 0.29) is 5.41 Å². The predicted molar refractivity (Wildman–Crippen MR) is 78.6 cm³/mol. The minimum Gasteiger partial charge on any atom is -0.294 e. The summed E-state index contributed by atoms with van der Waals surface area (Å²) in [5.41, 5.74) is 2.32. The van der Waals surface area contributed by atoms with Gasteiger partial charge in [0.2, 0.25) is 0 Å². The molecular weight excluding hydrogens is 232 g/mol. The molecule has 0 bridgehead atoms. The topological polar surface area (TPSA) is 17.1 Å². The molecular formula is C18H24O. The van der Waals surface area contributed by atoms with Crippen LogP contribution in [0.2, 0.25) is 0 Å². The molecule has 1 nitrogen and oxygen atoms in total. The molecule has 0 aromatic heterocycles. The van der Waals surface area contributed by atoms with Crippen LogP contribution in [0, 0.1) is 5.41 Å². The highest BCUT2D eigenvalue weighted by atomic mass is 16.1.